The number of nitrogens with one attached hydrogen (secondary N) is 1. The van der Waals surface area contributed by atoms with E-state index in [1.165, 1.54) is 11.1 Å². The highest BCUT2D eigenvalue weighted by molar-refractivity contribution is 5.27. The molecule has 0 aliphatic heterocycles. The number of rotatable bonds is 5. The molecule has 3 nitrogen and oxygen atoms in total. The molecule has 0 radical (unpaired) electrons. The van der Waals surface area contributed by atoms with Gasteiger partial charge in [0.1, 0.15) is 5.75 Å². The molecule has 0 saturated heterocycles. The first-order valence-corrected chi connectivity index (χ1v) is 5.68. The van der Waals surface area contributed by atoms with Crippen molar-refractivity contribution >= 4 is 0 Å². The average molecular weight is 231 g/mol. The summed E-state index contributed by atoms with van der Waals surface area (Å²) in [5.41, 5.74) is 2.40. The molecule has 1 aromatic heterocycles. The van der Waals surface area contributed by atoms with Crippen molar-refractivity contribution in [2.24, 2.45) is 0 Å². The number of benzene rings is 1. The van der Waals surface area contributed by atoms with Gasteiger partial charge in [-0.05, 0) is 30.7 Å². The second kappa shape index (κ2) is 5.55. The lowest BCUT2D eigenvalue weighted by Crippen LogP contribution is -2.17. The molecule has 2 aromatic rings. The lowest BCUT2D eigenvalue weighted by Gasteiger charge is -2.12. The van der Waals surface area contributed by atoms with Crippen LogP contribution in [0.4, 0.5) is 0 Å². The van der Waals surface area contributed by atoms with E-state index in [4.69, 9.17) is 9.15 Å². The van der Waals surface area contributed by atoms with Crippen LogP contribution in [0.2, 0.25) is 0 Å². The highest BCUT2D eigenvalue weighted by Crippen LogP contribution is 2.15. The van der Waals surface area contributed by atoms with Crippen LogP contribution in [0.3, 0.4) is 0 Å². The standard InChI is InChI=1S/C14H17NO2/c1-11(13-7-8-17-10-13)15-9-12-3-5-14(16-2)6-4-12/h3-8,10-11,15H,9H2,1-2H3. The molecule has 17 heavy (non-hydrogen) atoms. The normalized spacial score (nSPS) is 12.4. The van der Waals surface area contributed by atoms with Gasteiger partial charge in [0, 0.05) is 18.2 Å². The molecule has 0 bridgehead atoms. The number of hydrogen-bond donors (Lipinski definition) is 1. The Bertz CT molecular complexity index is 434. The van der Waals surface area contributed by atoms with Crippen LogP contribution in [-0.4, -0.2) is 7.11 Å². The lowest BCUT2D eigenvalue weighted by atomic mass is 10.1. The molecule has 0 aliphatic rings. The molecule has 1 unspecified atom stereocenters. The highest BCUT2D eigenvalue weighted by Gasteiger charge is 2.05. The summed E-state index contributed by atoms with van der Waals surface area (Å²) in [7, 11) is 1.67. The van der Waals surface area contributed by atoms with Crippen molar-refractivity contribution in [3.05, 3.63) is 54.0 Å². The van der Waals surface area contributed by atoms with Crippen molar-refractivity contribution < 1.29 is 9.15 Å². The third-order valence-electron chi connectivity index (χ3n) is 2.81. The van der Waals surface area contributed by atoms with E-state index in [1.807, 2.05) is 18.2 Å². The molecule has 1 N–H and O–H groups in total. The van der Waals surface area contributed by atoms with Crippen LogP contribution in [0, 0.1) is 0 Å². The first-order chi connectivity index (χ1) is 8.29. The van der Waals surface area contributed by atoms with E-state index in [0.717, 1.165) is 12.3 Å². The maximum absolute atomic E-state index is 5.12. The molecular formula is C14H17NO2. The van der Waals surface area contributed by atoms with Gasteiger partial charge in [-0.15, -0.1) is 0 Å². The van der Waals surface area contributed by atoms with Crippen molar-refractivity contribution in [2.75, 3.05) is 7.11 Å². The number of hydrogen-bond acceptors (Lipinski definition) is 3. The smallest absolute Gasteiger partial charge is 0.118 e. The monoisotopic (exact) mass is 231 g/mol. The fourth-order valence-electron chi connectivity index (χ4n) is 1.65. The van der Waals surface area contributed by atoms with E-state index < -0.39 is 0 Å². The molecule has 1 aromatic carbocycles. The van der Waals surface area contributed by atoms with Crippen LogP contribution < -0.4 is 10.1 Å². The molecule has 2 rings (SSSR count). The van der Waals surface area contributed by atoms with E-state index in [-0.39, 0.29) is 6.04 Å². The third kappa shape index (κ3) is 3.11. The molecule has 0 spiro atoms. The number of ether oxygens (including phenoxy) is 1. The molecule has 0 aliphatic carbocycles. The van der Waals surface area contributed by atoms with Crippen molar-refractivity contribution in [1.29, 1.82) is 0 Å². The van der Waals surface area contributed by atoms with Crippen molar-refractivity contribution in [2.45, 2.75) is 19.5 Å². The fourth-order valence-corrected chi connectivity index (χ4v) is 1.65. The first kappa shape index (κ1) is 11.7. The Balaban J connectivity index is 1.89. The van der Waals surface area contributed by atoms with Gasteiger partial charge in [0.05, 0.1) is 19.6 Å². The van der Waals surface area contributed by atoms with Gasteiger partial charge in [-0.3, -0.25) is 0 Å². The van der Waals surface area contributed by atoms with Crippen LogP contribution >= 0.6 is 0 Å². The van der Waals surface area contributed by atoms with Crippen LogP contribution in [0.5, 0.6) is 5.75 Å². The summed E-state index contributed by atoms with van der Waals surface area (Å²) in [5, 5.41) is 3.44. The molecule has 0 saturated carbocycles. The van der Waals surface area contributed by atoms with E-state index in [0.29, 0.717) is 0 Å². The van der Waals surface area contributed by atoms with E-state index in [2.05, 4.69) is 24.4 Å². The van der Waals surface area contributed by atoms with Crippen LogP contribution in [-0.2, 0) is 6.54 Å². The Morgan fingerprint density at radius 3 is 2.59 bits per heavy atom. The summed E-state index contributed by atoms with van der Waals surface area (Å²) in [4.78, 5) is 0. The molecule has 90 valence electrons. The Kier molecular flexibility index (Phi) is 3.83. The van der Waals surface area contributed by atoms with Gasteiger partial charge in [0.25, 0.3) is 0 Å². The average Bonchev–Trinajstić information content (AvgIpc) is 2.90. The van der Waals surface area contributed by atoms with Gasteiger partial charge < -0.3 is 14.5 Å². The summed E-state index contributed by atoms with van der Waals surface area (Å²) >= 11 is 0. The highest BCUT2D eigenvalue weighted by atomic mass is 16.5. The van der Waals surface area contributed by atoms with Gasteiger partial charge in [0.2, 0.25) is 0 Å². The summed E-state index contributed by atoms with van der Waals surface area (Å²) in [5.74, 6) is 0.886. The zero-order valence-electron chi connectivity index (χ0n) is 10.1. The minimum atomic E-state index is 0.288. The Morgan fingerprint density at radius 2 is 2.00 bits per heavy atom. The molecule has 0 fully saturated rings. The molecule has 1 heterocycles. The summed E-state index contributed by atoms with van der Waals surface area (Å²) in [6.07, 6.45) is 3.46. The van der Waals surface area contributed by atoms with Crippen molar-refractivity contribution in [1.82, 2.24) is 5.32 Å². The van der Waals surface area contributed by atoms with Crippen molar-refractivity contribution in [3.8, 4) is 5.75 Å². The van der Waals surface area contributed by atoms with E-state index in [1.54, 1.807) is 19.6 Å². The van der Waals surface area contributed by atoms with E-state index >= 15 is 0 Å². The molecule has 1 atom stereocenters. The zero-order valence-corrected chi connectivity index (χ0v) is 10.1. The summed E-state index contributed by atoms with van der Waals surface area (Å²) < 4.78 is 10.2. The third-order valence-corrected chi connectivity index (χ3v) is 2.81. The van der Waals surface area contributed by atoms with Crippen LogP contribution in [0.1, 0.15) is 24.1 Å². The molecular weight excluding hydrogens is 214 g/mol. The van der Waals surface area contributed by atoms with Crippen molar-refractivity contribution in [3.63, 3.8) is 0 Å². The molecule has 0 amide bonds. The largest absolute Gasteiger partial charge is 0.497 e. The minimum absolute atomic E-state index is 0.288. The maximum atomic E-state index is 5.12. The topological polar surface area (TPSA) is 34.4 Å². The quantitative estimate of drug-likeness (QED) is 0.858. The maximum Gasteiger partial charge on any atom is 0.118 e. The van der Waals surface area contributed by atoms with Gasteiger partial charge in [-0.1, -0.05) is 12.1 Å². The SMILES string of the molecule is COc1ccc(CNC(C)c2ccoc2)cc1. The Hall–Kier alpha value is -1.74. The first-order valence-electron chi connectivity index (χ1n) is 5.68. The van der Waals surface area contributed by atoms with Gasteiger partial charge >= 0.3 is 0 Å². The van der Waals surface area contributed by atoms with Crippen LogP contribution in [0.25, 0.3) is 0 Å². The number of furan rings is 1. The fraction of sp³-hybridized carbons (Fsp3) is 0.286. The minimum Gasteiger partial charge on any atom is -0.497 e. The molecule has 3 heteroatoms. The summed E-state index contributed by atoms with van der Waals surface area (Å²) in [6, 6.07) is 10.3. The predicted octanol–water partition coefficient (Wildman–Crippen LogP) is 3.14. The Morgan fingerprint density at radius 1 is 1.24 bits per heavy atom. The Labute approximate surface area is 101 Å². The summed E-state index contributed by atoms with van der Waals surface area (Å²) in [6.45, 7) is 2.95. The predicted molar refractivity (Wildman–Crippen MR) is 67.0 cm³/mol. The van der Waals surface area contributed by atoms with E-state index in [9.17, 15) is 0 Å². The number of methoxy groups -OCH3 is 1. The lowest BCUT2D eigenvalue weighted by molar-refractivity contribution is 0.414. The van der Waals surface area contributed by atoms with Gasteiger partial charge in [-0.25, -0.2) is 0 Å². The zero-order chi connectivity index (χ0) is 12.1. The van der Waals surface area contributed by atoms with Gasteiger partial charge in [-0.2, -0.15) is 0 Å². The van der Waals surface area contributed by atoms with Gasteiger partial charge in [0.15, 0.2) is 0 Å². The second-order valence-corrected chi connectivity index (χ2v) is 4.01. The van der Waals surface area contributed by atoms with Crippen LogP contribution in [0.15, 0.2) is 47.3 Å². The second-order valence-electron chi connectivity index (χ2n) is 4.01.